The second-order valence-electron chi connectivity index (χ2n) is 4.23. The van der Waals surface area contributed by atoms with Crippen molar-refractivity contribution in [1.82, 2.24) is 10.3 Å². The normalized spacial score (nSPS) is 13.0. The first kappa shape index (κ1) is 13.1. The molecule has 1 unspecified atom stereocenters. The van der Waals surface area contributed by atoms with E-state index in [0.717, 1.165) is 25.1 Å². The molecular weight excluding hydrogens is 200 g/mol. The maximum atomic E-state index is 5.60. The maximum absolute atomic E-state index is 5.60. The second kappa shape index (κ2) is 7.36. The molecule has 3 heteroatoms. The first-order valence-corrected chi connectivity index (χ1v) is 5.91. The second-order valence-corrected chi connectivity index (χ2v) is 4.23. The lowest BCUT2D eigenvalue weighted by molar-refractivity contribution is 0.0611. The van der Waals surface area contributed by atoms with Crippen molar-refractivity contribution in [2.45, 2.75) is 38.8 Å². The van der Waals surface area contributed by atoms with Crippen molar-refractivity contribution in [3.63, 3.8) is 0 Å². The maximum Gasteiger partial charge on any atom is 0.0623 e. The molecule has 1 atom stereocenters. The van der Waals surface area contributed by atoms with Gasteiger partial charge in [0.25, 0.3) is 0 Å². The predicted molar refractivity (Wildman–Crippen MR) is 66.5 cm³/mol. The summed E-state index contributed by atoms with van der Waals surface area (Å²) in [5.41, 5.74) is 1.15. The summed E-state index contributed by atoms with van der Waals surface area (Å²) in [4.78, 5) is 4.31. The molecule has 0 spiro atoms. The van der Waals surface area contributed by atoms with E-state index in [2.05, 4.69) is 30.2 Å². The quantitative estimate of drug-likeness (QED) is 0.766. The molecule has 0 radical (unpaired) electrons. The Labute approximate surface area is 98.2 Å². The van der Waals surface area contributed by atoms with Crippen LogP contribution in [0.25, 0.3) is 0 Å². The highest BCUT2D eigenvalue weighted by Gasteiger charge is 2.07. The molecule has 0 aliphatic heterocycles. The van der Waals surface area contributed by atoms with E-state index >= 15 is 0 Å². The number of aryl methyl sites for hydroxylation is 1. The molecule has 1 aromatic heterocycles. The van der Waals surface area contributed by atoms with E-state index in [1.165, 1.54) is 0 Å². The molecule has 3 nitrogen and oxygen atoms in total. The third-order valence-corrected chi connectivity index (χ3v) is 2.51. The monoisotopic (exact) mass is 222 g/mol. The van der Waals surface area contributed by atoms with Crippen molar-refractivity contribution < 1.29 is 4.74 Å². The molecule has 1 aromatic rings. The van der Waals surface area contributed by atoms with Crippen molar-refractivity contribution >= 4 is 0 Å². The summed E-state index contributed by atoms with van der Waals surface area (Å²) < 4.78 is 5.60. The highest BCUT2D eigenvalue weighted by atomic mass is 16.5. The highest BCUT2D eigenvalue weighted by molar-refractivity contribution is 5.03. The molecule has 0 saturated heterocycles. The molecular formula is C13H22N2O. The van der Waals surface area contributed by atoms with Crippen LogP contribution in [0.3, 0.4) is 0 Å². The van der Waals surface area contributed by atoms with Gasteiger partial charge in [0, 0.05) is 17.9 Å². The standard InChI is InChI=1S/C13H22N2O/c1-11(2)16-10-13(14-3)8-7-12-6-4-5-9-15-12/h4-6,9,11,13-14H,7-8,10H2,1-3H3. The fourth-order valence-electron chi connectivity index (χ4n) is 1.49. The molecule has 0 amide bonds. The number of aromatic nitrogens is 1. The van der Waals surface area contributed by atoms with Crippen molar-refractivity contribution in [3.05, 3.63) is 30.1 Å². The van der Waals surface area contributed by atoms with Gasteiger partial charge in [-0.25, -0.2) is 0 Å². The van der Waals surface area contributed by atoms with Gasteiger partial charge in [-0.3, -0.25) is 4.98 Å². The van der Waals surface area contributed by atoms with Gasteiger partial charge in [0.05, 0.1) is 12.7 Å². The van der Waals surface area contributed by atoms with Gasteiger partial charge in [0.15, 0.2) is 0 Å². The third-order valence-electron chi connectivity index (χ3n) is 2.51. The largest absolute Gasteiger partial charge is 0.377 e. The molecule has 0 aromatic carbocycles. The minimum atomic E-state index is 0.297. The smallest absolute Gasteiger partial charge is 0.0623 e. The first-order chi connectivity index (χ1) is 7.72. The van der Waals surface area contributed by atoms with Crippen LogP contribution in [0.1, 0.15) is 26.0 Å². The Hall–Kier alpha value is -0.930. The van der Waals surface area contributed by atoms with Crippen LogP contribution in [0.5, 0.6) is 0 Å². The summed E-state index contributed by atoms with van der Waals surface area (Å²) in [6, 6.07) is 6.45. The average Bonchev–Trinajstić information content (AvgIpc) is 2.30. The summed E-state index contributed by atoms with van der Waals surface area (Å²) in [6.45, 7) is 4.89. The molecule has 16 heavy (non-hydrogen) atoms. The summed E-state index contributed by atoms with van der Waals surface area (Å²) in [7, 11) is 1.98. The molecule has 0 fully saturated rings. The van der Waals surface area contributed by atoms with Crippen LogP contribution in [-0.4, -0.2) is 30.8 Å². The van der Waals surface area contributed by atoms with Gasteiger partial charge >= 0.3 is 0 Å². The van der Waals surface area contributed by atoms with Crippen LogP contribution in [-0.2, 0) is 11.2 Å². The number of nitrogens with one attached hydrogen (secondary N) is 1. The van der Waals surface area contributed by atoms with E-state index in [-0.39, 0.29) is 0 Å². The van der Waals surface area contributed by atoms with Crippen LogP contribution in [0.15, 0.2) is 24.4 Å². The number of likely N-dealkylation sites (N-methyl/N-ethyl adjacent to an activating group) is 1. The molecule has 0 aliphatic rings. The number of nitrogens with zero attached hydrogens (tertiary/aromatic N) is 1. The molecule has 1 N–H and O–H groups in total. The van der Waals surface area contributed by atoms with E-state index in [9.17, 15) is 0 Å². The van der Waals surface area contributed by atoms with Crippen LogP contribution in [0.2, 0.25) is 0 Å². The zero-order valence-electron chi connectivity index (χ0n) is 10.4. The Balaban J connectivity index is 2.28. The predicted octanol–water partition coefficient (Wildman–Crippen LogP) is 2.03. The van der Waals surface area contributed by atoms with E-state index in [1.54, 1.807) is 0 Å². The van der Waals surface area contributed by atoms with Gasteiger partial charge in [-0.05, 0) is 45.9 Å². The van der Waals surface area contributed by atoms with Crippen LogP contribution in [0.4, 0.5) is 0 Å². The van der Waals surface area contributed by atoms with Gasteiger partial charge in [0.2, 0.25) is 0 Å². The number of hydrogen-bond donors (Lipinski definition) is 1. The Morgan fingerprint density at radius 3 is 2.75 bits per heavy atom. The third kappa shape index (κ3) is 5.24. The Morgan fingerprint density at radius 2 is 2.19 bits per heavy atom. The molecule has 0 saturated carbocycles. The molecule has 1 heterocycles. The lowest BCUT2D eigenvalue weighted by Gasteiger charge is -2.17. The Kier molecular flexibility index (Phi) is 6.04. The van der Waals surface area contributed by atoms with Gasteiger partial charge in [-0.1, -0.05) is 6.07 Å². The van der Waals surface area contributed by atoms with Crippen LogP contribution < -0.4 is 5.32 Å². The van der Waals surface area contributed by atoms with Gasteiger partial charge < -0.3 is 10.1 Å². The minimum Gasteiger partial charge on any atom is -0.377 e. The van der Waals surface area contributed by atoms with Gasteiger partial charge in [-0.2, -0.15) is 0 Å². The Bertz CT molecular complexity index is 275. The summed E-state index contributed by atoms with van der Waals surface area (Å²) in [5, 5.41) is 3.27. The lowest BCUT2D eigenvalue weighted by Crippen LogP contribution is -2.32. The average molecular weight is 222 g/mol. The van der Waals surface area contributed by atoms with Crippen molar-refractivity contribution in [2.24, 2.45) is 0 Å². The summed E-state index contributed by atoms with van der Waals surface area (Å²) in [5.74, 6) is 0. The number of hydrogen-bond acceptors (Lipinski definition) is 3. The van der Waals surface area contributed by atoms with E-state index in [4.69, 9.17) is 4.74 Å². The molecule has 90 valence electrons. The zero-order chi connectivity index (χ0) is 11.8. The van der Waals surface area contributed by atoms with E-state index in [0.29, 0.717) is 12.1 Å². The number of rotatable bonds is 7. The van der Waals surface area contributed by atoms with Crippen LogP contribution >= 0.6 is 0 Å². The van der Waals surface area contributed by atoms with Crippen molar-refractivity contribution in [1.29, 1.82) is 0 Å². The fraction of sp³-hybridized carbons (Fsp3) is 0.615. The van der Waals surface area contributed by atoms with Gasteiger partial charge in [-0.15, -0.1) is 0 Å². The molecule has 0 aliphatic carbocycles. The zero-order valence-corrected chi connectivity index (χ0v) is 10.4. The number of pyridine rings is 1. The van der Waals surface area contributed by atoms with Crippen molar-refractivity contribution in [3.8, 4) is 0 Å². The molecule has 1 rings (SSSR count). The van der Waals surface area contributed by atoms with Crippen molar-refractivity contribution in [2.75, 3.05) is 13.7 Å². The highest BCUT2D eigenvalue weighted by Crippen LogP contribution is 2.03. The fourth-order valence-corrected chi connectivity index (χ4v) is 1.49. The number of ether oxygens (including phenoxy) is 1. The SMILES string of the molecule is CNC(CCc1ccccn1)COC(C)C. The van der Waals surface area contributed by atoms with E-state index in [1.807, 2.05) is 25.4 Å². The Morgan fingerprint density at radius 1 is 1.38 bits per heavy atom. The van der Waals surface area contributed by atoms with E-state index < -0.39 is 0 Å². The minimum absolute atomic E-state index is 0.297. The molecule has 0 bridgehead atoms. The summed E-state index contributed by atoms with van der Waals surface area (Å²) >= 11 is 0. The lowest BCUT2D eigenvalue weighted by atomic mass is 10.1. The first-order valence-electron chi connectivity index (χ1n) is 5.91. The van der Waals surface area contributed by atoms with Crippen LogP contribution in [0, 0.1) is 0 Å². The summed E-state index contributed by atoms with van der Waals surface area (Å²) in [6.07, 6.45) is 4.19. The van der Waals surface area contributed by atoms with Gasteiger partial charge in [0.1, 0.15) is 0 Å². The topological polar surface area (TPSA) is 34.2 Å².